The maximum absolute atomic E-state index is 5.56. The zero-order valence-corrected chi connectivity index (χ0v) is 9.93. The van der Waals surface area contributed by atoms with E-state index in [0.717, 1.165) is 16.9 Å². The largest absolute Gasteiger partial charge is 0.386 e. The lowest BCUT2D eigenvalue weighted by molar-refractivity contribution is 1.32. The fraction of sp³-hybridized carbons (Fsp3) is 0.0769. The summed E-state index contributed by atoms with van der Waals surface area (Å²) in [5.74, 6) is 0.652. The number of hydrogen-bond donors (Lipinski definition) is 1. The van der Waals surface area contributed by atoms with Crippen LogP contribution in [0.4, 0.5) is 5.69 Å². The number of pyridine rings is 1. The van der Waals surface area contributed by atoms with E-state index in [1.807, 2.05) is 42.5 Å². The maximum Gasteiger partial charge on any atom is 0.115 e. The van der Waals surface area contributed by atoms with Crippen molar-refractivity contribution in [3.8, 4) is 11.3 Å². The molecule has 2 N–H and O–H groups in total. The van der Waals surface area contributed by atoms with Crippen molar-refractivity contribution in [2.24, 2.45) is 10.7 Å². The summed E-state index contributed by atoms with van der Waals surface area (Å²) in [6, 6.07) is 13.5. The Morgan fingerprint density at radius 2 is 1.94 bits per heavy atom. The Balaban J connectivity index is 2.25. The lowest BCUT2D eigenvalue weighted by Gasteiger charge is -2.01. The third-order valence-corrected chi connectivity index (χ3v) is 2.51. The van der Waals surface area contributed by atoms with Crippen molar-refractivity contribution in [2.45, 2.75) is 0 Å². The molecule has 2 aromatic rings. The quantitative estimate of drug-likeness (QED) is 0.514. The molecule has 0 radical (unpaired) electrons. The average Bonchev–Trinajstić information content (AvgIpc) is 2.40. The fourth-order valence-corrected chi connectivity index (χ4v) is 1.50. The predicted octanol–water partition coefficient (Wildman–Crippen LogP) is 2.98. The average molecular weight is 246 g/mol. The van der Waals surface area contributed by atoms with E-state index in [0.29, 0.717) is 5.84 Å². The molecular weight excluding hydrogens is 234 g/mol. The van der Waals surface area contributed by atoms with E-state index in [2.05, 4.69) is 9.98 Å². The van der Waals surface area contributed by atoms with Crippen LogP contribution in [0.3, 0.4) is 0 Å². The van der Waals surface area contributed by atoms with Crippen molar-refractivity contribution < 1.29 is 0 Å². The Bertz CT molecular complexity index is 506. The van der Waals surface area contributed by atoms with Crippen LogP contribution in [0, 0.1) is 0 Å². The topological polar surface area (TPSA) is 51.3 Å². The summed E-state index contributed by atoms with van der Waals surface area (Å²) in [6.07, 6.45) is 1.77. The van der Waals surface area contributed by atoms with E-state index in [4.69, 9.17) is 17.3 Å². The first-order chi connectivity index (χ1) is 8.29. The molecule has 3 nitrogen and oxygen atoms in total. The number of amidine groups is 1. The van der Waals surface area contributed by atoms with Crippen molar-refractivity contribution in [2.75, 3.05) is 5.88 Å². The molecule has 0 aliphatic rings. The number of aliphatic imine (C=N–C) groups is 1. The van der Waals surface area contributed by atoms with Crippen LogP contribution in [0.15, 0.2) is 53.7 Å². The number of nitrogens with two attached hydrogens (primary N) is 1. The van der Waals surface area contributed by atoms with Gasteiger partial charge in [-0.15, -0.1) is 11.6 Å². The van der Waals surface area contributed by atoms with Gasteiger partial charge < -0.3 is 5.73 Å². The Kier molecular flexibility index (Phi) is 3.73. The monoisotopic (exact) mass is 245 g/mol. The van der Waals surface area contributed by atoms with E-state index >= 15 is 0 Å². The van der Waals surface area contributed by atoms with Crippen LogP contribution in [0.25, 0.3) is 11.3 Å². The Morgan fingerprint density at radius 1 is 1.18 bits per heavy atom. The summed E-state index contributed by atoms with van der Waals surface area (Å²) in [4.78, 5) is 8.43. The molecule has 0 amide bonds. The first kappa shape index (κ1) is 11.6. The summed E-state index contributed by atoms with van der Waals surface area (Å²) in [6.45, 7) is 0. The van der Waals surface area contributed by atoms with Crippen molar-refractivity contribution >= 4 is 23.1 Å². The molecular formula is C13H12ClN3. The first-order valence-electron chi connectivity index (χ1n) is 5.20. The molecule has 2 rings (SSSR count). The molecule has 0 aliphatic heterocycles. The minimum atomic E-state index is 0.238. The minimum absolute atomic E-state index is 0.238. The van der Waals surface area contributed by atoms with Crippen LogP contribution in [0.5, 0.6) is 0 Å². The Morgan fingerprint density at radius 3 is 2.53 bits per heavy atom. The fourth-order valence-electron chi connectivity index (χ4n) is 1.44. The molecule has 17 heavy (non-hydrogen) atoms. The SMILES string of the molecule is NC(CCl)=Nc1ccc(-c2ccccn2)cc1. The Hall–Kier alpha value is -1.87. The molecule has 0 saturated heterocycles. The molecule has 0 bridgehead atoms. The van der Waals surface area contributed by atoms with Gasteiger partial charge in [0.1, 0.15) is 5.84 Å². The molecule has 0 spiro atoms. The normalized spacial score (nSPS) is 11.5. The van der Waals surface area contributed by atoms with Gasteiger partial charge in [0, 0.05) is 11.8 Å². The number of halogens is 1. The number of aromatic nitrogens is 1. The predicted molar refractivity (Wildman–Crippen MR) is 71.7 cm³/mol. The van der Waals surface area contributed by atoms with E-state index in [1.165, 1.54) is 0 Å². The molecule has 0 atom stereocenters. The van der Waals surface area contributed by atoms with E-state index < -0.39 is 0 Å². The molecule has 0 aliphatic carbocycles. The van der Waals surface area contributed by atoms with Gasteiger partial charge in [0.05, 0.1) is 17.3 Å². The molecule has 86 valence electrons. The van der Waals surface area contributed by atoms with Crippen LogP contribution in [0.2, 0.25) is 0 Å². The molecule has 0 fully saturated rings. The zero-order valence-electron chi connectivity index (χ0n) is 9.18. The second-order valence-corrected chi connectivity index (χ2v) is 3.77. The van der Waals surface area contributed by atoms with Crippen LogP contribution in [-0.4, -0.2) is 16.7 Å². The number of rotatable bonds is 3. The zero-order chi connectivity index (χ0) is 12.1. The third-order valence-electron chi connectivity index (χ3n) is 2.24. The van der Waals surface area contributed by atoms with Gasteiger partial charge >= 0.3 is 0 Å². The van der Waals surface area contributed by atoms with Crippen molar-refractivity contribution in [1.29, 1.82) is 0 Å². The highest BCUT2D eigenvalue weighted by atomic mass is 35.5. The van der Waals surface area contributed by atoms with Gasteiger partial charge in [-0.25, -0.2) is 4.99 Å². The van der Waals surface area contributed by atoms with Gasteiger partial charge in [0.15, 0.2) is 0 Å². The molecule has 4 heteroatoms. The van der Waals surface area contributed by atoms with Crippen LogP contribution >= 0.6 is 11.6 Å². The number of benzene rings is 1. The summed E-state index contributed by atoms with van der Waals surface area (Å²) >= 11 is 5.56. The van der Waals surface area contributed by atoms with Gasteiger partial charge in [-0.1, -0.05) is 18.2 Å². The summed E-state index contributed by atoms with van der Waals surface area (Å²) in [5, 5.41) is 0. The smallest absolute Gasteiger partial charge is 0.115 e. The molecule has 0 saturated carbocycles. The second kappa shape index (κ2) is 5.46. The first-order valence-corrected chi connectivity index (χ1v) is 5.73. The van der Waals surface area contributed by atoms with Crippen LogP contribution in [-0.2, 0) is 0 Å². The molecule has 0 unspecified atom stereocenters. The van der Waals surface area contributed by atoms with Crippen LogP contribution in [0.1, 0.15) is 0 Å². The number of nitrogens with zero attached hydrogens (tertiary/aromatic N) is 2. The van der Waals surface area contributed by atoms with Gasteiger partial charge in [-0.2, -0.15) is 0 Å². The lowest BCUT2D eigenvalue weighted by atomic mass is 10.1. The number of alkyl halides is 1. The standard InChI is InChI=1S/C13H12ClN3/c14-9-13(15)17-11-6-4-10(5-7-11)12-3-1-2-8-16-12/h1-8H,9H2,(H2,15,17). The Labute approximate surface area is 105 Å². The van der Waals surface area contributed by atoms with Gasteiger partial charge in [0.2, 0.25) is 0 Å². The summed E-state index contributed by atoms with van der Waals surface area (Å²) in [5.41, 5.74) is 8.34. The summed E-state index contributed by atoms with van der Waals surface area (Å²) in [7, 11) is 0. The maximum atomic E-state index is 5.56. The lowest BCUT2D eigenvalue weighted by Crippen LogP contribution is -2.12. The van der Waals surface area contributed by atoms with Gasteiger partial charge in [-0.05, 0) is 24.3 Å². The van der Waals surface area contributed by atoms with Crippen LogP contribution < -0.4 is 5.73 Å². The molecule has 1 aromatic carbocycles. The molecule has 1 heterocycles. The minimum Gasteiger partial charge on any atom is -0.386 e. The summed E-state index contributed by atoms with van der Waals surface area (Å²) < 4.78 is 0. The highest BCUT2D eigenvalue weighted by Crippen LogP contribution is 2.20. The second-order valence-electron chi connectivity index (χ2n) is 3.50. The number of hydrogen-bond acceptors (Lipinski definition) is 2. The third kappa shape index (κ3) is 3.04. The van der Waals surface area contributed by atoms with Gasteiger partial charge in [-0.3, -0.25) is 4.98 Å². The van der Waals surface area contributed by atoms with E-state index in [9.17, 15) is 0 Å². The van der Waals surface area contributed by atoms with E-state index in [1.54, 1.807) is 6.20 Å². The molecule has 1 aromatic heterocycles. The van der Waals surface area contributed by atoms with Crippen molar-refractivity contribution in [3.63, 3.8) is 0 Å². The van der Waals surface area contributed by atoms with Crippen molar-refractivity contribution in [3.05, 3.63) is 48.7 Å². The van der Waals surface area contributed by atoms with Crippen molar-refractivity contribution in [1.82, 2.24) is 4.98 Å². The van der Waals surface area contributed by atoms with E-state index in [-0.39, 0.29) is 5.88 Å². The highest BCUT2D eigenvalue weighted by molar-refractivity contribution is 6.28. The highest BCUT2D eigenvalue weighted by Gasteiger charge is 1.98. The van der Waals surface area contributed by atoms with Gasteiger partial charge in [0.25, 0.3) is 0 Å².